The summed E-state index contributed by atoms with van der Waals surface area (Å²) in [6, 6.07) is 16.9. The topological polar surface area (TPSA) is 56.9 Å². The van der Waals surface area contributed by atoms with E-state index in [0.29, 0.717) is 12.3 Å². The van der Waals surface area contributed by atoms with Crippen molar-refractivity contribution < 1.29 is 4.79 Å². The molecule has 30 heavy (non-hydrogen) atoms. The molecule has 2 aromatic carbocycles. The number of carbonyl (C=O) groups is 1. The van der Waals surface area contributed by atoms with E-state index in [4.69, 9.17) is 0 Å². The number of aryl methyl sites for hydroxylation is 1. The van der Waals surface area contributed by atoms with Gasteiger partial charge in [-0.1, -0.05) is 43.7 Å². The molecule has 1 atom stereocenters. The van der Waals surface area contributed by atoms with Crippen LogP contribution in [-0.4, -0.2) is 24.0 Å². The van der Waals surface area contributed by atoms with Gasteiger partial charge in [-0.25, -0.2) is 0 Å². The third kappa shape index (κ3) is 5.11. The predicted octanol–water partition coefficient (Wildman–Crippen LogP) is 5.23. The van der Waals surface area contributed by atoms with Crippen molar-refractivity contribution in [2.24, 2.45) is 5.92 Å². The Morgan fingerprint density at radius 3 is 2.87 bits per heavy atom. The van der Waals surface area contributed by atoms with Gasteiger partial charge in [-0.3, -0.25) is 4.79 Å². The summed E-state index contributed by atoms with van der Waals surface area (Å²) in [4.78, 5) is 15.7. The summed E-state index contributed by atoms with van der Waals surface area (Å²) in [6.45, 7) is 4.19. The van der Waals surface area contributed by atoms with Crippen LogP contribution in [0.1, 0.15) is 49.4 Å². The van der Waals surface area contributed by atoms with E-state index in [9.17, 15) is 4.79 Å². The van der Waals surface area contributed by atoms with Crippen LogP contribution in [0.3, 0.4) is 0 Å². The number of unbranched alkanes of at least 4 members (excludes halogenated alkanes) is 1. The number of fused-ring (bicyclic) bond motifs is 3. The Morgan fingerprint density at radius 1 is 1.17 bits per heavy atom. The number of aromatic amines is 1. The van der Waals surface area contributed by atoms with Gasteiger partial charge in [0.25, 0.3) is 0 Å². The summed E-state index contributed by atoms with van der Waals surface area (Å²) in [5.74, 6) is 0.774. The van der Waals surface area contributed by atoms with Gasteiger partial charge in [-0.05, 0) is 80.4 Å². The second-order valence-corrected chi connectivity index (χ2v) is 8.54. The van der Waals surface area contributed by atoms with E-state index >= 15 is 0 Å². The first-order valence-electron chi connectivity index (χ1n) is 11.4. The first-order valence-corrected chi connectivity index (χ1v) is 11.4. The summed E-state index contributed by atoms with van der Waals surface area (Å²) >= 11 is 0. The summed E-state index contributed by atoms with van der Waals surface area (Å²) in [6.07, 6.45) is 7.07. The van der Waals surface area contributed by atoms with Gasteiger partial charge in [0.1, 0.15) is 0 Å². The predicted molar refractivity (Wildman–Crippen MR) is 125 cm³/mol. The van der Waals surface area contributed by atoms with Crippen LogP contribution in [0.5, 0.6) is 0 Å². The molecule has 0 aliphatic heterocycles. The second-order valence-electron chi connectivity index (χ2n) is 8.54. The average Bonchev–Trinajstić information content (AvgIpc) is 3.13. The fourth-order valence-corrected chi connectivity index (χ4v) is 4.49. The molecule has 1 aliphatic carbocycles. The lowest BCUT2D eigenvalue weighted by Gasteiger charge is -2.23. The number of carbonyl (C=O) groups excluding carboxylic acids is 1. The number of benzene rings is 2. The van der Waals surface area contributed by atoms with Crippen LogP contribution in [0.15, 0.2) is 48.5 Å². The monoisotopic (exact) mass is 403 g/mol. The molecule has 4 heteroatoms. The molecule has 0 saturated carbocycles. The van der Waals surface area contributed by atoms with Gasteiger partial charge in [0.2, 0.25) is 5.91 Å². The van der Waals surface area contributed by atoms with Gasteiger partial charge in [0.05, 0.1) is 0 Å². The van der Waals surface area contributed by atoms with Gasteiger partial charge in [0.15, 0.2) is 0 Å². The van der Waals surface area contributed by atoms with Crippen molar-refractivity contribution in [1.82, 2.24) is 10.3 Å². The zero-order chi connectivity index (χ0) is 20.8. The van der Waals surface area contributed by atoms with E-state index in [2.05, 4.69) is 65.0 Å². The SMILES string of the molecule is CCCCC(=O)Nc1ccc2[nH]c3c(c2c1)CC(CNCCc1ccccc1)CC3. The summed E-state index contributed by atoms with van der Waals surface area (Å²) < 4.78 is 0. The van der Waals surface area contributed by atoms with Crippen molar-refractivity contribution in [1.29, 1.82) is 0 Å². The molecular weight excluding hydrogens is 370 g/mol. The van der Waals surface area contributed by atoms with Gasteiger partial charge < -0.3 is 15.6 Å². The fourth-order valence-electron chi connectivity index (χ4n) is 4.49. The van der Waals surface area contributed by atoms with Gasteiger partial charge in [-0.2, -0.15) is 0 Å². The van der Waals surface area contributed by atoms with Crippen LogP contribution >= 0.6 is 0 Å². The number of amides is 1. The normalized spacial score (nSPS) is 15.8. The Hall–Kier alpha value is -2.59. The Balaban J connectivity index is 1.36. The summed E-state index contributed by atoms with van der Waals surface area (Å²) in [5, 5.41) is 8.00. The maximum atomic E-state index is 12.1. The number of nitrogens with one attached hydrogen (secondary N) is 3. The minimum Gasteiger partial charge on any atom is -0.358 e. The minimum absolute atomic E-state index is 0.112. The highest BCUT2D eigenvalue weighted by Crippen LogP contribution is 2.33. The lowest BCUT2D eigenvalue weighted by molar-refractivity contribution is -0.116. The van der Waals surface area contributed by atoms with Crippen molar-refractivity contribution in [3.63, 3.8) is 0 Å². The standard InChI is InChI=1S/C26H33N3O/c1-2-3-9-26(30)28-21-11-13-25-23(17-21)22-16-20(10-12-24(22)29-25)18-27-15-14-19-7-5-4-6-8-19/h4-8,11,13,17,20,27,29H,2-3,9-10,12,14-16,18H2,1H3,(H,28,30). The molecule has 4 rings (SSSR count). The smallest absolute Gasteiger partial charge is 0.224 e. The van der Waals surface area contributed by atoms with Gasteiger partial charge in [-0.15, -0.1) is 0 Å². The largest absolute Gasteiger partial charge is 0.358 e. The molecule has 0 bridgehead atoms. The third-order valence-electron chi connectivity index (χ3n) is 6.20. The maximum Gasteiger partial charge on any atom is 0.224 e. The maximum absolute atomic E-state index is 12.1. The number of hydrogen-bond acceptors (Lipinski definition) is 2. The number of rotatable bonds is 9. The number of anilines is 1. The molecule has 3 N–H and O–H groups in total. The second kappa shape index (κ2) is 9.94. The molecule has 1 unspecified atom stereocenters. The molecular formula is C26H33N3O. The van der Waals surface area contributed by atoms with Crippen LogP contribution in [0.25, 0.3) is 10.9 Å². The van der Waals surface area contributed by atoms with E-state index < -0.39 is 0 Å². The minimum atomic E-state index is 0.112. The quantitative estimate of drug-likeness (QED) is 0.428. The average molecular weight is 404 g/mol. The Labute approximate surface area is 179 Å². The van der Waals surface area contributed by atoms with Crippen LogP contribution in [0.4, 0.5) is 5.69 Å². The number of aromatic nitrogens is 1. The third-order valence-corrected chi connectivity index (χ3v) is 6.20. The highest BCUT2D eigenvalue weighted by Gasteiger charge is 2.22. The first-order chi connectivity index (χ1) is 14.7. The first kappa shape index (κ1) is 20.7. The number of hydrogen-bond donors (Lipinski definition) is 3. The molecule has 1 heterocycles. The van der Waals surface area contributed by atoms with E-state index in [1.165, 1.54) is 34.1 Å². The molecule has 3 aromatic rings. The van der Waals surface area contributed by atoms with Gasteiger partial charge >= 0.3 is 0 Å². The summed E-state index contributed by atoms with van der Waals surface area (Å²) in [5.41, 5.74) is 6.30. The van der Waals surface area contributed by atoms with Gasteiger partial charge in [0, 0.05) is 28.7 Å². The highest BCUT2D eigenvalue weighted by molar-refractivity contribution is 5.95. The van der Waals surface area contributed by atoms with E-state index in [1.807, 2.05) is 6.07 Å². The molecule has 0 fully saturated rings. The lowest BCUT2D eigenvalue weighted by Crippen LogP contribution is -2.28. The van der Waals surface area contributed by atoms with Crippen molar-refractivity contribution in [3.05, 3.63) is 65.4 Å². The zero-order valence-electron chi connectivity index (χ0n) is 18.0. The molecule has 1 aliphatic rings. The van der Waals surface area contributed by atoms with Crippen LogP contribution < -0.4 is 10.6 Å². The summed E-state index contributed by atoms with van der Waals surface area (Å²) in [7, 11) is 0. The fraction of sp³-hybridized carbons (Fsp3) is 0.423. The van der Waals surface area contributed by atoms with Crippen LogP contribution in [-0.2, 0) is 24.1 Å². The highest BCUT2D eigenvalue weighted by atomic mass is 16.1. The number of H-pyrrole nitrogens is 1. The van der Waals surface area contributed by atoms with E-state index in [-0.39, 0.29) is 5.91 Å². The molecule has 1 aromatic heterocycles. The van der Waals surface area contributed by atoms with Crippen molar-refractivity contribution in [2.75, 3.05) is 18.4 Å². The van der Waals surface area contributed by atoms with Crippen LogP contribution in [0.2, 0.25) is 0 Å². The van der Waals surface area contributed by atoms with Crippen molar-refractivity contribution >= 4 is 22.5 Å². The van der Waals surface area contributed by atoms with E-state index in [1.54, 1.807) is 0 Å². The molecule has 158 valence electrons. The van der Waals surface area contributed by atoms with E-state index in [0.717, 1.165) is 50.9 Å². The molecule has 4 nitrogen and oxygen atoms in total. The Bertz CT molecular complexity index is 977. The molecule has 0 spiro atoms. The molecule has 1 amide bonds. The zero-order valence-corrected chi connectivity index (χ0v) is 18.0. The molecule has 0 radical (unpaired) electrons. The van der Waals surface area contributed by atoms with Crippen LogP contribution in [0, 0.1) is 5.92 Å². The lowest BCUT2D eigenvalue weighted by atomic mass is 9.86. The van der Waals surface area contributed by atoms with Crippen molar-refractivity contribution in [3.8, 4) is 0 Å². The van der Waals surface area contributed by atoms with Crippen molar-refractivity contribution in [2.45, 2.75) is 51.9 Å². The Morgan fingerprint density at radius 2 is 2.03 bits per heavy atom. The Kier molecular flexibility index (Phi) is 6.85. The molecule has 0 saturated heterocycles.